The summed E-state index contributed by atoms with van der Waals surface area (Å²) in [6.45, 7) is 0. The van der Waals surface area contributed by atoms with Crippen LogP contribution in [0.4, 0.5) is 26.1 Å². The summed E-state index contributed by atoms with van der Waals surface area (Å²) in [5.41, 5.74) is 2.51. The fourth-order valence-corrected chi connectivity index (χ4v) is 2.28. The van der Waals surface area contributed by atoms with Crippen molar-refractivity contribution >= 4 is 51.5 Å². The molecule has 1 aromatic heterocycles. The smallest absolute Gasteiger partial charge is 0.178 e. The summed E-state index contributed by atoms with van der Waals surface area (Å²) in [6, 6.07) is 5.85. The number of nitrogens with zero attached hydrogens (tertiary/aromatic N) is 1. The zero-order chi connectivity index (χ0) is 14.0. The largest absolute Gasteiger partial charge is 0.336 e. The maximum absolute atomic E-state index is 13.6. The zero-order valence-corrected chi connectivity index (χ0v) is 12.3. The van der Waals surface area contributed by atoms with Gasteiger partial charge in [-0.2, -0.15) is 0 Å². The average Bonchev–Trinajstić information content (AvgIpc) is 2.35. The molecule has 8 heteroatoms. The minimum absolute atomic E-state index is 0.169. The van der Waals surface area contributed by atoms with Crippen molar-refractivity contribution in [3.8, 4) is 0 Å². The Morgan fingerprint density at radius 1 is 1.16 bits per heavy atom. The first kappa shape index (κ1) is 14.2. The molecule has 1 heterocycles. The number of nitrogens with two attached hydrogens (primary N) is 1. The molecule has 0 saturated carbocycles. The Bertz CT molecular complexity index is 624. The highest BCUT2D eigenvalue weighted by atomic mass is 127. The van der Waals surface area contributed by atoms with E-state index in [1.807, 2.05) is 5.43 Å². The molecule has 4 N–H and O–H groups in total. The molecular formula is C11H8ClF2IN4. The molecule has 2 aromatic rings. The quantitative estimate of drug-likeness (QED) is 0.421. The van der Waals surface area contributed by atoms with Gasteiger partial charge in [-0.15, -0.1) is 0 Å². The first-order chi connectivity index (χ1) is 9.01. The summed E-state index contributed by atoms with van der Waals surface area (Å²) in [4.78, 5) is 3.69. The molecule has 0 amide bonds. The minimum Gasteiger partial charge on any atom is -0.336 e. The molecular weight excluding hydrogens is 389 g/mol. The SMILES string of the molecule is NNc1nc(Nc2ccc(I)cc2Cl)c(F)cc1F. The van der Waals surface area contributed by atoms with Gasteiger partial charge >= 0.3 is 0 Å². The first-order valence-electron chi connectivity index (χ1n) is 5.06. The average molecular weight is 397 g/mol. The number of nitrogen functional groups attached to an aromatic ring is 1. The molecule has 0 saturated heterocycles. The molecule has 0 aliphatic rings. The molecule has 0 unspecified atom stereocenters. The van der Waals surface area contributed by atoms with Crippen LogP contribution in [0.2, 0.25) is 5.02 Å². The van der Waals surface area contributed by atoms with Crippen molar-refractivity contribution in [2.24, 2.45) is 5.84 Å². The summed E-state index contributed by atoms with van der Waals surface area (Å²) < 4.78 is 27.7. The molecule has 0 fully saturated rings. The van der Waals surface area contributed by atoms with Crippen molar-refractivity contribution in [1.82, 2.24) is 4.98 Å². The highest BCUT2D eigenvalue weighted by Gasteiger charge is 2.12. The number of aromatic nitrogens is 1. The van der Waals surface area contributed by atoms with Gasteiger partial charge in [-0.25, -0.2) is 19.6 Å². The van der Waals surface area contributed by atoms with Gasteiger partial charge in [-0.1, -0.05) is 11.6 Å². The molecule has 0 atom stereocenters. The fourth-order valence-electron chi connectivity index (χ4n) is 1.37. The number of anilines is 3. The summed E-state index contributed by atoms with van der Waals surface area (Å²) in [7, 11) is 0. The molecule has 2 rings (SSSR count). The normalized spacial score (nSPS) is 10.4. The van der Waals surface area contributed by atoms with Gasteiger partial charge in [-0.05, 0) is 40.8 Å². The number of hydrazine groups is 1. The van der Waals surface area contributed by atoms with E-state index in [0.717, 1.165) is 3.57 Å². The Morgan fingerprint density at radius 3 is 2.47 bits per heavy atom. The molecule has 0 aliphatic heterocycles. The van der Waals surface area contributed by atoms with Crippen molar-refractivity contribution in [1.29, 1.82) is 0 Å². The van der Waals surface area contributed by atoms with E-state index >= 15 is 0 Å². The van der Waals surface area contributed by atoms with Gasteiger partial charge in [0.15, 0.2) is 23.3 Å². The molecule has 0 aliphatic carbocycles. The molecule has 0 spiro atoms. The van der Waals surface area contributed by atoms with E-state index in [2.05, 4.69) is 32.9 Å². The van der Waals surface area contributed by atoms with Crippen LogP contribution in [0.25, 0.3) is 0 Å². The summed E-state index contributed by atoms with van der Waals surface area (Å²) in [5, 5.41) is 3.09. The molecule has 0 bridgehead atoms. The van der Waals surface area contributed by atoms with E-state index in [4.69, 9.17) is 17.4 Å². The zero-order valence-electron chi connectivity index (χ0n) is 9.35. The van der Waals surface area contributed by atoms with Gasteiger partial charge in [0.2, 0.25) is 0 Å². The lowest BCUT2D eigenvalue weighted by Crippen LogP contribution is -2.12. The van der Waals surface area contributed by atoms with Crippen LogP contribution in [0.3, 0.4) is 0 Å². The van der Waals surface area contributed by atoms with E-state index < -0.39 is 11.6 Å². The number of hydrogen-bond donors (Lipinski definition) is 3. The van der Waals surface area contributed by atoms with Crippen LogP contribution in [0.5, 0.6) is 0 Å². The lowest BCUT2D eigenvalue weighted by Gasteiger charge is -2.10. The maximum atomic E-state index is 13.6. The van der Waals surface area contributed by atoms with Crippen molar-refractivity contribution in [3.05, 3.63) is 44.5 Å². The van der Waals surface area contributed by atoms with E-state index in [9.17, 15) is 8.78 Å². The molecule has 0 radical (unpaired) electrons. The Morgan fingerprint density at radius 2 is 1.84 bits per heavy atom. The van der Waals surface area contributed by atoms with Gasteiger partial charge in [0.05, 0.1) is 10.7 Å². The third-order valence-corrected chi connectivity index (χ3v) is 3.23. The molecule has 100 valence electrons. The van der Waals surface area contributed by atoms with Crippen molar-refractivity contribution in [3.63, 3.8) is 0 Å². The van der Waals surface area contributed by atoms with Crippen molar-refractivity contribution < 1.29 is 8.78 Å². The van der Waals surface area contributed by atoms with Crippen LogP contribution in [0.1, 0.15) is 0 Å². The van der Waals surface area contributed by atoms with Crippen molar-refractivity contribution in [2.75, 3.05) is 10.7 Å². The van der Waals surface area contributed by atoms with Crippen LogP contribution in [-0.4, -0.2) is 4.98 Å². The second-order valence-corrected chi connectivity index (χ2v) is 5.20. The third-order valence-electron chi connectivity index (χ3n) is 2.25. The Balaban J connectivity index is 2.37. The second-order valence-electron chi connectivity index (χ2n) is 3.54. The summed E-state index contributed by atoms with van der Waals surface area (Å²) in [5.74, 6) is 2.94. The third kappa shape index (κ3) is 3.23. The lowest BCUT2D eigenvalue weighted by molar-refractivity contribution is 0.579. The molecule has 1 aromatic carbocycles. The Hall–Kier alpha value is -1.19. The predicted molar refractivity (Wildman–Crippen MR) is 79.4 cm³/mol. The standard InChI is InChI=1S/C11H8ClF2IN4/c12-6-3-5(15)1-2-9(6)17-10-7(13)4-8(14)11(18-10)19-16/h1-4H,16H2,(H2,17,18,19). The lowest BCUT2D eigenvalue weighted by atomic mass is 10.3. The van der Waals surface area contributed by atoms with Crippen LogP contribution in [0.15, 0.2) is 24.3 Å². The van der Waals surface area contributed by atoms with Gasteiger partial charge in [0.25, 0.3) is 0 Å². The van der Waals surface area contributed by atoms with E-state index in [-0.39, 0.29) is 11.6 Å². The van der Waals surface area contributed by atoms with Gasteiger partial charge in [-0.3, -0.25) is 0 Å². The maximum Gasteiger partial charge on any atom is 0.178 e. The predicted octanol–water partition coefficient (Wildman–Crippen LogP) is 3.65. The highest BCUT2D eigenvalue weighted by Crippen LogP contribution is 2.28. The van der Waals surface area contributed by atoms with Crippen LogP contribution in [-0.2, 0) is 0 Å². The summed E-state index contributed by atoms with van der Waals surface area (Å²) in [6.07, 6.45) is 0. The van der Waals surface area contributed by atoms with Crippen molar-refractivity contribution in [2.45, 2.75) is 0 Å². The van der Waals surface area contributed by atoms with Crippen LogP contribution in [0, 0.1) is 15.2 Å². The monoisotopic (exact) mass is 396 g/mol. The number of halogens is 4. The number of benzene rings is 1. The highest BCUT2D eigenvalue weighted by molar-refractivity contribution is 14.1. The van der Waals surface area contributed by atoms with Crippen LogP contribution >= 0.6 is 34.2 Å². The van der Waals surface area contributed by atoms with Gasteiger partial charge in [0, 0.05) is 9.64 Å². The topological polar surface area (TPSA) is 63.0 Å². The summed E-state index contributed by atoms with van der Waals surface area (Å²) >= 11 is 8.10. The minimum atomic E-state index is -0.876. The molecule has 4 nitrogen and oxygen atoms in total. The number of pyridine rings is 1. The first-order valence-corrected chi connectivity index (χ1v) is 6.51. The number of nitrogens with one attached hydrogen (secondary N) is 2. The Labute approximate surface area is 126 Å². The number of hydrogen-bond acceptors (Lipinski definition) is 4. The second kappa shape index (κ2) is 5.85. The number of rotatable bonds is 3. The van der Waals surface area contributed by atoms with Gasteiger partial charge < -0.3 is 10.7 Å². The fraction of sp³-hybridized carbons (Fsp3) is 0. The van der Waals surface area contributed by atoms with E-state index in [1.54, 1.807) is 18.2 Å². The Kier molecular flexibility index (Phi) is 4.38. The van der Waals surface area contributed by atoms with Gasteiger partial charge in [0.1, 0.15) is 0 Å². The van der Waals surface area contributed by atoms with E-state index in [1.165, 1.54) is 0 Å². The van der Waals surface area contributed by atoms with Crippen LogP contribution < -0.4 is 16.6 Å². The van der Waals surface area contributed by atoms with E-state index in [0.29, 0.717) is 16.8 Å². The molecule has 19 heavy (non-hydrogen) atoms.